The van der Waals surface area contributed by atoms with Crippen LogP contribution >= 0.6 is 0 Å². The molecule has 1 saturated carbocycles. The Bertz CT molecular complexity index is 2580. The molecule has 5 aliphatic rings. The molecule has 4 aromatic rings. The summed E-state index contributed by atoms with van der Waals surface area (Å²) in [6, 6.07) is 7.66. The molecule has 4 fully saturated rings. The highest BCUT2D eigenvalue weighted by Gasteiger charge is 2.52. The molecular formula is C52H67F2N5O7Si. The largest absolute Gasteiger partial charge is 0.490 e. The van der Waals surface area contributed by atoms with Gasteiger partial charge >= 0.3 is 12.1 Å². The topological polar surface area (TPSA) is 108 Å². The maximum atomic E-state index is 18.2. The Morgan fingerprint density at radius 3 is 2.34 bits per heavy atom. The summed E-state index contributed by atoms with van der Waals surface area (Å²) in [6.07, 6.45) is 3.18. The Morgan fingerprint density at radius 2 is 1.67 bits per heavy atom. The lowest BCUT2D eigenvalue weighted by Gasteiger charge is -2.46. The van der Waals surface area contributed by atoms with Crippen molar-refractivity contribution in [1.82, 2.24) is 19.8 Å². The number of carbonyl (C=O) groups excluding carboxylic acids is 1. The summed E-state index contributed by atoms with van der Waals surface area (Å²) in [5.41, 5.74) is 4.66. The number of benzene rings is 3. The normalized spacial score (nSPS) is 21.3. The number of methoxy groups -OCH3 is 1. The van der Waals surface area contributed by atoms with Gasteiger partial charge in [0, 0.05) is 49.7 Å². The number of piperazine rings is 1. The van der Waals surface area contributed by atoms with Crippen LogP contribution in [0, 0.1) is 28.5 Å². The SMILES string of the molecule is COCOc1cc(-c2cc3c4c(nc(OCC5(CN6CCOCC6)CC5)nc4c2F)N2C[C@H]4CC[C@@H]([C@H]2CO3)N4C(=O)OC(C)(C)C)c2c(C#C[Si](C(C)C)(C(C)C)C(C)C)c(F)ccc2c1. The van der Waals surface area contributed by atoms with Gasteiger partial charge in [-0.2, -0.15) is 9.97 Å². The molecule has 4 aliphatic heterocycles. The fourth-order valence-electron chi connectivity index (χ4n) is 11.6. The van der Waals surface area contributed by atoms with Crippen LogP contribution in [0.3, 0.4) is 0 Å². The molecule has 1 aliphatic carbocycles. The molecule has 1 aromatic heterocycles. The lowest BCUT2D eigenvalue weighted by molar-refractivity contribution is 0.00544. The van der Waals surface area contributed by atoms with Crippen LogP contribution in [0.15, 0.2) is 30.3 Å². The minimum Gasteiger partial charge on any atom is -0.490 e. The van der Waals surface area contributed by atoms with Crippen molar-refractivity contribution in [2.45, 2.75) is 128 Å². The van der Waals surface area contributed by atoms with Crippen molar-refractivity contribution in [3.05, 3.63) is 47.5 Å². The molecule has 360 valence electrons. The summed E-state index contributed by atoms with van der Waals surface area (Å²) in [7, 11) is -0.801. The molecule has 1 amide bonds. The highest BCUT2D eigenvalue weighted by molar-refractivity contribution is 6.90. The Labute approximate surface area is 395 Å². The van der Waals surface area contributed by atoms with Crippen molar-refractivity contribution in [2.24, 2.45) is 5.41 Å². The first kappa shape index (κ1) is 47.3. The molecule has 15 heteroatoms. The van der Waals surface area contributed by atoms with Gasteiger partial charge < -0.3 is 33.3 Å². The Kier molecular flexibility index (Phi) is 12.9. The number of hydrogen-bond acceptors (Lipinski definition) is 11. The van der Waals surface area contributed by atoms with Crippen LogP contribution in [-0.2, 0) is 14.2 Å². The number of fused-ring (bicyclic) bond motifs is 6. The Hall–Kier alpha value is -4.75. The van der Waals surface area contributed by atoms with Crippen LogP contribution < -0.4 is 19.1 Å². The molecule has 3 saturated heterocycles. The van der Waals surface area contributed by atoms with Crippen LogP contribution in [0.2, 0.25) is 16.6 Å². The number of nitrogens with zero attached hydrogens (tertiary/aromatic N) is 5. The Morgan fingerprint density at radius 1 is 0.940 bits per heavy atom. The summed E-state index contributed by atoms with van der Waals surface area (Å²) < 4.78 is 71.1. The molecule has 67 heavy (non-hydrogen) atoms. The van der Waals surface area contributed by atoms with E-state index in [1.165, 1.54) is 13.2 Å². The van der Waals surface area contributed by atoms with Crippen molar-refractivity contribution in [1.29, 1.82) is 0 Å². The standard InChI is InChI=1S/C52H67F2N5O7Si/c1-31(2)67(32(3)4,33(5)6)22-15-37-40(53)13-11-34-23-36(65-30-61-10)24-38(44(34)37)39-25-43-45-47(46(39)54)55-49(64-29-52(16-17-52)28-57-18-20-62-21-19-57)56-48(45)58-26-35-12-14-41(42(58)27-63-43)59(35)50(60)66-51(7,8)9/h11,13,23-25,31-33,35,41-42H,12,14,16-21,26-30H2,1-10H3/t35-,41+,42-/m1/s1. The third kappa shape index (κ3) is 8.92. The van der Waals surface area contributed by atoms with E-state index in [1.54, 1.807) is 18.2 Å². The smallest absolute Gasteiger partial charge is 0.410 e. The second kappa shape index (κ2) is 18.3. The number of rotatable bonds is 12. The summed E-state index contributed by atoms with van der Waals surface area (Å²) in [5, 5.41) is 1.51. The minimum atomic E-state index is -2.33. The number of anilines is 1. The lowest BCUT2D eigenvalue weighted by Crippen LogP contribution is -2.63. The number of aromatic nitrogens is 2. The highest BCUT2D eigenvalue weighted by atomic mass is 28.3. The number of hydrogen-bond donors (Lipinski definition) is 0. The fourth-order valence-corrected chi connectivity index (χ4v) is 16.8. The van der Waals surface area contributed by atoms with Crippen molar-refractivity contribution in [2.75, 3.05) is 71.4 Å². The molecule has 9 rings (SSSR count). The summed E-state index contributed by atoms with van der Waals surface area (Å²) in [6.45, 7) is 23.9. The predicted octanol–water partition coefficient (Wildman–Crippen LogP) is 10.1. The summed E-state index contributed by atoms with van der Waals surface area (Å²) in [5.74, 6) is 3.55. The number of ether oxygens (including phenoxy) is 6. The zero-order valence-corrected chi connectivity index (χ0v) is 41.9. The van der Waals surface area contributed by atoms with Crippen LogP contribution in [0.25, 0.3) is 32.8 Å². The average Bonchev–Trinajstić information content (AvgIpc) is 3.99. The summed E-state index contributed by atoms with van der Waals surface area (Å²) >= 11 is 0. The summed E-state index contributed by atoms with van der Waals surface area (Å²) in [4.78, 5) is 30.3. The average molecular weight is 940 g/mol. The third-order valence-electron chi connectivity index (χ3n) is 15.0. The molecule has 0 radical (unpaired) electrons. The Balaban J connectivity index is 1.22. The van der Waals surface area contributed by atoms with Crippen LogP contribution in [0.1, 0.15) is 93.6 Å². The molecule has 12 nitrogen and oxygen atoms in total. The number of halogens is 2. The quantitative estimate of drug-likeness (QED) is 0.0770. The molecule has 3 atom stereocenters. The highest BCUT2D eigenvalue weighted by Crippen LogP contribution is 2.50. The molecule has 2 bridgehead atoms. The van der Waals surface area contributed by atoms with E-state index in [1.807, 2.05) is 31.7 Å². The van der Waals surface area contributed by atoms with E-state index in [0.29, 0.717) is 82.0 Å². The van der Waals surface area contributed by atoms with Gasteiger partial charge in [0.05, 0.1) is 48.9 Å². The van der Waals surface area contributed by atoms with Gasteiger partial charge in [-0.05, 0) is 98.3 Å². The fraction of sp³-hybridized carbons (Fsp3) is 0.596. The van der Waals surface area contributed by atoms with Crippen LogP contribution in [0.4, 0.5) is 19.4 Å². The van der Waals surface area contributed by atoms with Crippen molar-refractivity contribution < 1.29 is 42.0 Å². The van der Waals surface area contributed by atoms with E-state index >= 15 is 8.78 Å². The van der Waals surface area contributed by atoms with E-state index in [2.05, 4.69) is 62.8 Å². The van der Waals surface area contributed by atoms with Crippen molar-refractivity contribution >= 4 is 41.7 Å². The van der Waals surface area contributed by atoms with Gasteiger partial charge in [0.25, 0.3) is 0 Å². The predicted molar refractivity (Wildman–Crippen MR) is 259 cm³/mol. The first-order valence-electron chi connectivity index (χ1n) is 24.2. The first-order valence-corrected chi connectivity index (χ1v) is 26.5. The maximum Gasteiger partial charge on any atom is 0.410 e. The van der Waals surface area contributed by atoms with Crippen molar-refractivity contribution in [3.63, 3.8) is 0 Å². The molecule has 5 heterocycles. The van der Waals surface area contributed by atoms with Gasteiger partial charge in [-0.25, -0.2) is 13.6 Å². The molecule has 0 unspecified atom stereocenters. The minimum absolute atomic E-state index is 0.0272. The zero-order chi connectivity index (χ0) is 47.6. The van der Waals surface area contributed by atoms with Gasteiger partial charge in [-0.15, -0.1) is 5.54 Å². The van der Waals surface area contributed by atoms with E-state index in [0.717, 1.165) is 45.3 Å². The molecule has 0 N–H and O–H groups in total. The van der Waals surface area contributed by atoms with Gasteiger partial charge in [0.15, 0.2) is 12.6 Å². The molecule has 0 spiro atoms. The van der Waals surface area contributed by atoms with E-state index in [4.69, 9.17) is 38.4 Å². The van der Waals surface area contributed by atoms with Gasteiger partial charge in [-0.3, -0.25) is 9.80 Å². The second-order valence-corrected chi connectivity index (χ2v) is 27.0. The first-order chi connectivity index (χ1) is 31.9. The number of amides is 1. The van der Waals surface area contributed by atoms with Crippen molar-refractivity contribution in [3.8, 4) is 40.1 Å². The zero-order valence-electron chi connectivity index (χ0n) is 40.9. The third-order valence-corrected chi connectivity index (χ3v) is 21.3. The van der Waals surface area contributed by atoms with E-state index in [9.17, 15) is 4.79 Å². The van der Waals surface area contributed by atoms with Gasteiger partial charge in [-0.1, -0.05) is 53.5 Å². The molecular weight excluding hydrogens is 873 g/mol. The van der Waals surface area contributed by atoms with Crippen LogP contribution in [0.5, 0.6) is 17.5 Å². The van der Waals surface area contributed by atoms with Gasteiger partial charge in [0.2, 0.25) is 0 Å². The number of morpholine rings is 1. The van der Waals surface area contributed by atoms with E-state index in [-0.39, 0.29) is 65.7 Å². The van der Waals surface area contributed by atoms with E-state index < -0.39 is 25.3 Å². The lowest BCUT2D eigenvalue weighted by atomic mass is 9.92. The van der Waals surface area contributed by atoms with Gasteiger partial charge in [0.1, 0.15) is 48.9 Å². The number of carbonyl (C=O) groups is 1. The maximum absolute atomic E-state index is 18.2. The van der Waals surface area contributed by atoms with Crippen LogP contribution in [-0.4, -0.2) is 124 Å². The second-order valence-electron chi connectivity index (χ2n) is 21.4. The molecule has 3 aromatic carbocycles. The monoisotopic (exact) mass is 939 g/mol.